The molecule has 5 nitrogen and oxygen atoms in total. The molecular weight excluding hydrogens is 169 g/mol. The molecule has 0 unspecified atom stereocenters. The standard InChI is InChI=1S/C6H12FNO4/c7-6(11)4(1-9)12-2-3(8)5(6)10/h3-5,9-11H,1-2,8H2/t3-,4+,5+,6+/m0/s1. The molecule has 0 amide bonds. The van der Waals surface area contributed by atoms with Gasteiger partial charge in [0.15, 0.2) is 0 Å². The lowest BCUT2D eigenvalue weighted by Crippen LogP contribution is -2.63. The predicted octanol–water partition coefficient (Wildman–Crippen LogP) is -2.28. The molecule has 5 N–H and O–H groups in total. The van der Waals surface area contributed by atoms with Crippen LogP contribution in [-0.2, 0) is 4.74 Å². The molecule has 0 aromatic carbocycles. The van der Waals surface area contributed by atoms with Crippen LogP contribution in [0.3, 0.4) is 0 Å². The predicted molar refractivity (Wildman–Crippen MR) is 36.9 cm³/mol. The maximum absolute atomic E-state index is 13.1. The van der Waals surface area contributed by atoms with Gasteiger partial charge in [-0.2, -0.15) is 0 Å². The van der Waals surface area contributed by atoms with Crippen LogP contribution in [0.15, 0.2) is 0 Å². The number of aliphatic hydroxyl groups is 3. The highest BCUT2D eigenvalue weighted by molar-refractivity contribution is 4.94. The number of ether oxygens (including phenoxy) is 1. The summed E-state index contributed by atoms with van der Waals surface area (Å²) in [5, 5.41) is 26.6. The summed E-state index contributed by atoms with van der Waals surface area (Å²) in [5.41, 5.74) is 5.21. The van der Waals surface area contributed by atoms with Crippen molar-refractivity contribution in [3.8, 4) is 0 Å². The first-order valence-corrected chi connectivity index (χ1v) is 3.57. The van der Waals surface area contributed by atoms with E-state index in [1.807, 2.05) is 0 Å². The zero-order valence-electron chi connectivity index (χ0n) is 6.35. The maximum atomic E-state index is 13.1. The Morgan fingerprint density at radius 1 is 1.67 bits per heavy atom. The van der Waals surface area contributed by atoms with Crippen LogP contribution in [0.2, 0.25) is 0 Å². The van der Waals surface area contributed by atoms with Crippen molar-refractivity contribution in [2.45, 2.75) is 24.1 Å². The number of nitrogens with two attached hydrogens (primary N) is 1. The van der Waals surface area contributed by atoms with Crippen molar-refractivity contribution in [1.82, 2.24) is 0 Å². The van der Waals surface area contributed by atoms with Crippen molar-refractivity contribution in [3.05, 3.63) is 0 Å². The van der Waals surface area contributed by atoms with E-state index in [2.05, 4.69) is 4.74 Å². The zero-order valence-corrected chi connectivity index (χ0v) is 6.35. The Bertz CT molecular complexity index is 162. The molecule has 1 saturated heterocycles. The second kappa shape index (κ2) is 3.23. The Morgan fingerprint density at radius 3 is 2.75 bits per heavy atom. The molecule has 0 aromatic heterocycles. The van der Waals surface area contributed by atoms with E-state index in [1.165, 1.54) is 0 Å². The summed E-state index contributed by atoms with van der Waals surface area (Å²) in [6, 6.07) is -0.970. The number of alkyl halides is 1. The molecule has 6 heteroatoms. The summed E-state index contributed by atoms with van der Waals surface area (Å²) in [4.78, 5) is 0. The van der Waals surface area contributed by atoms with Crippen LogP contribution in [0.4, 0.5) is 4.39 Å². The third kappa shape index (κ3) is 1.44. The first-order chi connectivity index (χ1) is 5.50. The van der Waals surface area contributed by atoms with Crippen molar-refractivity contribution < 1.29 is 24.4 Å². The Labute approximate surface area is 68.6 Å². The molecule has 0 spiro atoms. The minimum atomic E-state index is -2.97. The smallest absolute Gasteiger partial charge is 0.263 e. The van der Waals surface area contributed by atoms with Gasteiger partial charge < -0.3 is 25.8 Å². The van der Waals surface area contributed by atoms with Gasteiger partial charge in [0.2, 0.25) is 0 Å². The van der Waals surface area contributed by atoms with Crippen LogP contribution in [-0.4, -0.2) is 52.6 Å². The second-order valence-electron chi connectivity index (χ2n) is 2.84. The summed E-state index contributed by atoms with van der Waals surface area (Å²) in [5.74, 6) is -2.97. The number of rotatable bonds is 1. The van der Waals surface area contributed by atoms with Crippen molar-refractivity contribution in [3.63, 3.8) is 0 Å². The van der Waals surface area contributed by atoms with Crippen molar-refractivity contribution >= 4 is 0 Å². The van der Waals surface area contributed by atoms with Crippen LogP contribution >= 0.6 is 0 Å². The molecule has 12 heavy (non-hydrogen) atoms. The lowest BCUT2D eigenvalue weighted by atomic mass is 9.97. The van der Waals surface area contributed by atoms with Gasteiger partial charge in [-0.25, -0.2) is 4.39 Å². The van der Waals surface area contributed by atoms with E-state index in [0.717, 1.165) is 0 Å². The average molecular weight is 181 g/mol. The van der Waals surface area contributed by atoms with E-state index in [-0.39, 0.29) is 6.61 Å². The van der Waals surface area contributed by atoms with E-state index >= 15 is 0 Å². The zero-order chi connectivity index (χ0) is 9.35. The molecule has 72 valence electrons. The summed E-state index contributed by atoms with van der Waals surface area (Å²) in [7, 11) is 0. The van der Waals surface area contributed by atoms with Crippen molar-refractivity contribution in [2.24, 2.45) is 5.73 Å². The number of aliphatic hydroxyl groups excluding tert-OH is 2. The first kappa shape index (κ1) is 9.82. The number of halogens is 1. The molecular formula is C6H12FNO4. The topological polar surface area (TPSA) is 95.9 Å². The van der Waals surface area contributed by atoms with Crippen molar-refractivity contribution in [2.75, 3.05) is 13.2 Å². The molecule has 0 bridgehead atoms. The van der Waals surface area contributed by atoms with Gasteiger partial charge in [0.05, 0.1) is 19.3 Å². The lowest BCUT2D eigenvalue weighted by Gasteiger charge is -2.39. The van der Waals surface area contributed by atoms with Gasteiger partial charge in [-0.05, 0) is 0 Å². The highest BCUT2D eigenvalue weighted by Gasteiger charge is 2.50. The molecule has 1 fully saturated rings. The quantitative estimate of drug-likeness (QED) is 0.365. The molecule has 1 aliphatic heterocycles. The molecule has 4 atom stereocenters. The fourth-order valence-electron chi connectivity index (χ4n) is 1.11. The normalized spacial score (nSPS) is 49.2. The van der Waals surface area contributed by atoms with Gasteiger partial charge >= 0.3 is 0 Å². The van der Waals surface area contributed by atoms with Crippen LogP contribution < -0.4 is 5.73 Å². The highest BCUT2D eigenvalue weighted by atomic mass is 19.2. The molecule has 1 rings (SSSR count). The fourth-order valence-corrected chi connectivity index (χ4v) is 1.11. The molecule has 0 aromatic rings. The Hall–Kier alpha value is -0.270. The second-order valence-corrected chi connectivity index (χ2v) is 2.84. The molecule has 0 radical (unpaired) electrons. The van der Waals surface area contributed by atoms with Gasteiger partial charge in [-0.3, -0.25) is 0 Å². The van der Waals surface area contributed by atoms with Crippen LogP contribution in [0, 0.1) is 0 Å². The Balaban J connectivity index is 2.73. The monoisotopic (exact) mass is 181 g/mol. The fraction of sp³-hybridized carbons (Fsp3) is 1.00. The van der Waals surface area contributed by atoms with E-state index in [1.54, 1.807) is 0 Å². The van der Waals surface area contributed by atoms with Crippen LogP contribution in [0.5, 0.6) is 0 Å². The number of hydrogen-bond acceptors (Lipinski definition) is 5. The molecule has 0 saturated carbocycles. The summed E-state index contributed by atoms with van der Waals surface area (Å²) in [6.45, 7) is -0.782. The maximum Gasteiger partial charge on any atom is 0.263 e. The summed E-state index contributed by atoms with van der Waals surface area (Å²) >= 11 is 0. The first-order valence-electron chi connectivity index (χ1n) is 3.57. The van der Waals surface area contributed by atoms with Gasteiger partial charge in [-0.1, -0.05) is 0 Å². The highest BCUT2D eigenvalue weighted by Crippen LogP contribution is 2.26. The van der Waals surface area contributed by atoms with E-state index < -0.39 is 30.7 Å². The summed E-state index contributed by atoms with van der Waals surface area (Å²) in [6.07, 6.45) is -3.14. The molecule has 1 heterocycles. The van der Waals surface area contributed by atoms with Gasteiger partial charge in [0, 0.05) is 0 Å². The average Bonchev–Trinajstić information content (AvgIpc) is 2.01. The lowest BCUT2D eigenvalue weighted by molar-refractivity contribution is -0.280. The van der Waals surface area contributed by atoms with Gasteiger partial charge in [-0.15, -0.1) is 0 Å². The van der Waals surface area contributed by atoms with Gasteiger partial charge in [0.1, 0.15) is 12.2 Å². The van der Waals surface area contributed by atoms with E-state index in [4.69, 9.17) is 21.1 Å². The van der Waals surface area contributed by atoms with Gasteiger partial charge in [0.25, 0.3) is 5.85 Å². The van der Waals surface area contributed by atoms with Crippen LogP contribution in [0.1, 0.15) is 0 Å². The van der Waals surface area contributed by atoms with E-state index in [0.29, 0.717) is 0 Å². The minimum absolute atomic E-state index is 0.0847. The van der Waals surface area contributed by atoms with E-state index in [9.17, 15) is 4.39 Å². The third-order valence-electron chi connectivity index (χ3n) is 1.93. The Kier molecular flexibility index (Phi) is 2.64. The largest absolute Gasteiger partial charge is 0.393 e. The summed E-state index contributed by atoms with van der Waals surface area (Å²) < 4.78 is 17.8. The number of hydrogen-bond donors (Lipinski definition) is 4. The molecule has 1 aliphatic rings. The molecule has 0 aliphatic carbocycles. The third-order valence-corrected chi connectivity index (χ3v) is 1.93. The SMILES string of the molecule is N[C@H]1CO[C@H](CO)[C@](O)(F)[C@@H]1O. The minimum Gasteiger partial charge on any atom is -0.393 e. The Morgan fingerprint density at radius 2 is 2.25 bits per heavy atom. The van der Waals surface area contributed by atoms with Crippen LogP contribution in [0.25, 0.3) is 0 Å². The van der Waals surface area contributed by atoms with Crippen molar-refractivity contribution in [1.29, 1.82) is 0 Å².